The van der Waals surface area contributed by atoms with Gasteiger partial charge in [-0.25, -0.2) is 0 Å². The van der Waals surface area contributed by atoms with Gasteiger partial charge in [-0.1, -0.05) is 54.6 Å². The average molecular weight is 374 g/mol. The van der Waals surface area contributed by atoms with Crippen LogP contribution < -0.4 is 0 Å². The van der Waals surface area contributed by atoms with Gasteiger partial charge in [0.25, 0.3) is 0 Å². The third-order valence-electron chi connectivity index (χ3n) is 6.08. The fourth-order valence-corrected chi connectivity index (χ4v) is 4.79. The van der Waals surface area contributed by atoms with Crippen molar-refractivity contribution in [2.75, 3.05) is 26.2 Å². The third kappa shape index (κ3) is 3.90. The zero-order chi connectivity index (χ0) is 18.9. The van der Waals surface area contributed by atoms with Gasteiger partial charge in [0.05, 0.1) is 6.54 Å². The Morgan fingerprint density at radius 2 is 1.52 bits per heavy atom. The quantitative estimate of drug-likeness (QED) is 0.775. The summed E-state index contributed by atoms with van der Waals surface area (Å²) in [5.41, 5.74) is 3.09. The van der Waals surface area contributed by atoms with E-state index in [0.717, 1.165) is 38.0 Å². The van der Waals surface area contributed by atoms with Crippen LogP contribution in [0.5, 0.6) is 0 Å². The molecule has 4 rings (SSSR count). The molecule has 144 valence electrons. The van der Waals surface area contributed by atoms with Crippen molar-refractivity contribution in [3.05, 3.63) is 71.3 Å². The summed E-state index contributed by atoms with van der Waals surface area (Å²) >= 11 is 0. The van der Waals surface area contributed by atoms with Crippen LogP contribution >= 0.6 is 0 Å². The predicted octanol–water partition coefficient (Wildman–Crippen LogP) is 4.60. The monoisotopic (exact) mass is 374 g/mol. The first kappa shape index (κ1) is 18.5. The second kappa shape index (κ2) is 7.28. The molecule has 0 amide bonds. The van der Waals surface area contributed by atoms with Crippen LogP contribution in [0.15, 0.2) is 54.6 Å². The highest BCUT2D eigenvalue weighted by molar-refractivity contribution is 5.37. The molecule has 27 heavy (non-hydrogen) atoms. The van der Waals surface area contributed by atoms with Crippen LogP contribution in [0.2, 0.25) is 0 Å². The molecule has 0 bridgehead atoms. The molecule has 2 nitrogen and oxygen atoms in total. The molecule has 0 aromatic heterocycles. The van der Waals surface area contributed by atoms with E-state index in [-0.39, 0.29) is 0 Å². The molecule has 2 aliphatic heterocycles. The molecule has 0 unspecified atom stereocenters. The third-order valence-corrected chi connectivity index (χ3v) is 6.08. The molecule has 1 saturated heterocycles. The van der Waals surface area contributed by atoms with Crippen LogP contribution in [0.25, 0.3) is 0 Å². The molecule has 1 fully saturated rings. The molecule has 1 spiro atoms. The minimum Gasteiger partial charge on any atom is -0.299 e. The number of benzene rings is 2. The zero-order valence-electron chi connectivity index (χ0n) is 15.4. The van der Waals surface area contributed by atoms with Crippen molar-refractivity contribution in [1.82, 2.24) is 9.80 Å². The van der Waals surface area contributed by atoms with Crippen molar-refractivity contribution in [3.63, 3.8) is 0 Å². The Morgan fingerprint density at radius 1 is 0.852 bits per heavy atom. The number of nitrogens with zero attached hydrogens (tertiary/aromatic N) is 2. The summed E-state index contributed by atoms with van der Waals surface area (Å²) in [6, 6.07) is 18.4. The van der Waals surface area contributed by atoms with E-state index in [1.165, 1.54) is 11.1 Å². The molecule has 0 radical (unpaired) electrons. The van der Waals surface area contributed by atoms with Crippen LogP contribution in [0.4, 0.5) is 13.2 Å². The molecular weight excluding hydrogens is 349 g/mol. The summed E-state index contributed by atoms with van der Waals surface area (Å²) < 4.78 is 39.8. The highest BCUT2D eigenvalue weighted by Crippen LogP contribution is 2.44. The number of fused-ring (bicyclic) bond motifs is 2. The van der Waals surface area contributed by atoms with E-state index in [2.05, 4.69) is 23.1 Å². The van der Waals surface area contributed by atoms with Crippen LogP contribution in [-0.4, -0.2) is 42.2 Å². The second-order valence-electron chi connectivity index (χ2n) is 7.74. The van der Waals surface area contributed by atoms with E-state index in [1.807, 2.05) is 36.4 Å². The van der Waals surface area contributed by atoms with Crippen LogP contribution in [0.3, 0.4) is 0 Å². The minimum absolute atomic E-state index is 0.481. The van der Waals surface area contributed by atoms with Gasteiger partial charge in [-0.15, -0.1) is 0 Å². The average Bonchev–Trinajstić information content (AvgIpc) is 2.66. The zero-order valence-corrected chi connectivity index (χ0v) is 15.4. The SMILES string of the molecule is FC(F)(F)CN1CCc2ccccc2C12CCN(Cc1ccccc1)CC2. The Bertz CT molecular complexity index is 765. The van der Waals surface area contributed by atoms with Crippen LogP contribution in [-0.2, 0) is 18.5 Å². The highest BCUT2D eigenvalue weighted by atomic mass is 19.4. The molecular formula is C22H25F3N2. The van der Waals surface area contributed by atoms with Gasteiger partial charge >= 0.3 is 6.18 Å². The van der Waals surface area contributed by atoms with Crippen molar-refractivity contribution in [3.8, 4) is 0 Å². The Kier molecular flexibility index (Phi) is 4.99. The molecule has 5 heteroatoms. The molecule has 0 atom stereocenters. The van der Waals surface area contributed by atoms with E-state index < -0.39 is 18.3 Å². The van der Waals surface area contributed by atoms with Gasteiger partial charge in [0.1, 0.15) is 0 Å². The van der Waals surface area contributed by atoms with Gasteiger partial charge in [-0.05, 0) is 36.0 Å². The number of likely N-dealkylation sites (tertiary alicyclic amines) is 1. The van der Waals surface area contributed by atoms with Crippen molar-refractivity contribution in [2.45, 2.75) is 37.5 Å². The van der Waals surface area contributed by atoms with Gasteiger partial charge < -0.3 is 0 Å². The maximum absolute atomic E-state index is 13.3. The van der Waals surface area contributed by atoms with Gasteiger partial charge in [0, 0.05) is 31.7 Å². The first-order valence-electron chi connectivity index (χ1n) is 9.63. The van der Waals surface area contributed by atoms with E-state index in [4.69, 9.17) is 0 Å². The first-order chi connectivity index (χ1) is 13.0. The molecule has 2 aliphatic rings. The summed E-state index contributed by atoms with van der Waals surface area (Å²) in [7, 11) is 0. The van der Waals surface area contributed by atoms with Crippen molar-refractivity contribution < 1.29 is 13.2 Å². The van der Waals surface area contributed by atoms with E-state index in [0.29, 0.717) is 13.0 Å². The first-order valence-corrected chi connectivity index (χ1v) is 9.63. The summed E-state index contributed by atoms with van der Waals surface area (Å²) in [6.07, 6.45) is -1.98. The minimum atomic E-state index is -4.17. The van der Waals surface area contributed by atoms with Gasteiger partial charge in [-0.2, -0.15) is 13.2 Å². The molecule has 0 saturated carbocycles. The lowest BCUT2D eigenvalue weighted by molar-refractivity contribution is -0.167. The van der Waals surface area contributed by atoms with Crippen molar-refractivity contribution in [1.29, 1.82) is 0 Å². The smallest absolute Gasteiger partial charge is 0.299 e. The molecule has 2 aromatic rings. The van der Waals surface area contributed by atoms with E-state index in [9.17, 15) is 13.2 Å². The fourth-order valence-electron chi connectivity index (χ4n) is 4.79. The fraction of sp³-hybridized carbons (Fsp3) is 0.455. The Morgan fingerprint density at radius 3 is 2.22 bits per heavy atom. The number of hydrogen-bond donors (Lipinski definition) is 0. The second-order valence-corrected chi connectivity index (χ2v) is 7.74. The van der Waals surface area contributed by atoms with Crippen molar-refractivity contribution in [2.24, 2.45) is 0 Å². The molecule has 0 aliphatic carbocycles. The number of hydrogen-bond acceptors (Lipinski definition) is 2. The van der Waals surface area contributed by atoms with Crippen LogP contribution in [0, 0.1) is 0 Å². The normalized spacial score (nSPS) is 20.6. The predicted molar refractivity (Wildman–Crippen MR) is 100 cm³/mol. The standard InChI is InChI=1S/C22H25F3N2/c23-22(24,25)17-27-13-10-19-8-4-5-9-20(19)21(27)11-14-26(15-12-21)16-18-6-2-1-3-7-18/h1-9H,10-17H2. The largest absolute Gasteiger partial charge is 0.401 e. The van der Waals surface area contributed by atoms with E-state index >= 15 is 0 Å². The van der Waals surface area contributed by atoms with Crippen LogP contribution in [0.1, 0.15) is 29.5 Å². The summed E-state index contributed by atoms with van der Waals surface area (Å²) in [5.74, 6) is 0. The lowest BCUT2D eigenvalue weighted by Crippen LogP contribution is -2.58. The summed E-state index contributed by atoms with van der Waals surface area (Å²) in [4.78, 5) is 4.07. The molecule has 2 heterocycles. The lowest BCUT2D eigenvalue weighted by Gasteiger charge is -2.52. The van der Waals surface area contributed by atoms with Gasteiger partial charge in [-0.3, -0.25) is 9.80 Å². The number of alkyl halides is 3. The Hall–Kier alpha value is -1.85. The Balaban J connectivity index is 1.57. The summed E-state index contributed by atoms with van der Waals surface area (Å²) in [6.45, 7) is 2.15. The maximum atomic E-state index is 13.3. The van der Waals surface area contributed by atoms with Gasteiger partial charge in [0.2, 0.25) is 0 Å². The van der Waals surface area contributed by atoms with Gasteiger partial charge in [0.15, 0.2) is 0 Å². The van der Waals surface area contributed by atoms with Crippen molar-refractivity contribution >= 4 is 0 Å². The molecule has 2 aromatic carbocycles. The number of rotatable bonds is 3. The summed E-state index contributed by atoms with van der Waals surface area (Å²) in [5, 5.41) is 0. The van der Waals surface area contributed by atoms with E-state index in [1.54, 1.807) is 4.90 Å². The lowest BCUT2D eigenvalue weighted by atomic mass is 9.74. The highest BCUT2D eigenvalue weighted by Gasteiger charge is 2.47. The number of halogens is 3. The topological polar surface area (TPSA) is 6.48 Å². The maximum Gasteiger partial charge on any atom is 0.401 e. The molecule has 0 N–H and O–H groups in total. The Labute approximate surface area is 158 Å². The number of piperidine rings is 1.